The lowest BCUT2D eigenvalue weighted by atomic mass is 9.98. The minimum atomic E-state index is -0.352. The molecule has 3 heterocycles. The Morgan fingerprint density at radius 2 is 2.10 bits per heavy atom. The van der Waals surface area contributed by atoms with Gasteiger partial charge in [-0.2, -0.15) is 4.98 Å². The fourth-order valence-corrected chi connectivity index (χ4v) is 4.42. The van der Waals surface area contributed by atoms with Gasteiger partial charge >= 0.3 is 0 Å². The number of carbonyl (C=O) groups excluding carboxylic acids is 1. The zero-order valence-electron chi connectivity index (χ0n) is 16.5. The summed E-state index contributed by atoms with van der Waals surface area (Å²) in [5.74, 6) is 0.698. The smallest absolute Gasteiger partial charge is 0.257 e. The van der Waals surface area contributed by atoms with Crippen LogP contribution < -0.4 is 0 Å². The van der Waals surface area contributed by atoms with Gasteiger partial charge in [0.25, 0.3) is 5.22 Å². The molecule has 31 heavy (non-hydrogen) atoms. The molecule has 0 radical (unpaired) electrons. The lowest BCUT2D eigenvalue weighted by molar-refractivity contribution is -0.129. The molecule has 9 heteroatoms. The lowest BCUT2D eigenvalue weighted by Gasteiger charge is -2.30. The molecule has 0 N–H and O–H groups in total. The predicted octanol–water partition coefficient (Wildman–Crippen LogP) is 4.52. The summed E-state index contributed by atoms with van der Waals surface area (Å²) in [5.41, 5.74) is 2.05. The van der Waals surface area contributed by atoms with Crippen LogP contribution in [0.4, 0.5) is 4.39 Å². The first kappa shape index (κ1) is 19.7. The van der Waals surface area contributed by atoms with E-state index in [1.165, 1.54) is 23.9 Å². The second-order valence-electron chi connectivity index (χ2n) is 7.38. The van der Waals surface area contributed by atoms with Crippen molar-refractivity contribution in [3.63, 3.8) is 0 Å². The van der Waals surface area contributed by atoms with Gasteiger partial charge in [0, 0.05) is 18.7 Å². The van der Waals surface area contributed by atoms with E-state index < -0.39 is 0 Å². The SMILES string of the molecule is O=C(CSc1nc2ccccc2o1)N1CCCC(c2nc(-c3cccc(F)c3)no2)C1. The monoisotopic (exact) mass is 438 g/mol. The number of likely N-dealkylation sites (tertiary alicyclic amines) is 1. The Hall–Kier alpha value is -3.20. The first-order chi connectivity index (χ1) is 15.2. The molecule has 1 aliphatic rings. The molecule has 1 amide bonds. The standard InChI is InChI=1S/C22H19FN4O3S/c23-16-7-3-5-14(11-16)20-25-21(30-26-20)15-6-4-10-27(12-15)19(28)13-31-22-24-17-8-1-2-9-18(17)29-22/h1-3,5,7-9,11,15H,4,6,10,12-13H2. The average Bonchev–Trinajstić information content (AvgIpc) is 3.45. The fraction of sp³-hybridized carbons (Fsp3) is 0.273. The maximum atomic E-state index is 13.5. The molecule has 0 spiro atoms. The summed E-state index contributed by atoms with van der Waals surface area (Å²) in [6.45, 7) is 1.20. The highest BCUT2D eigenvalue weighted by atomic mass is 32.2. The number of thioether (sulfide) groups is 1. The van der Waals surface area contributed by atoms with Crippen LogP contribution in [-0.2, 0) is 4.79 Å². The summed E-state index contributed by atoms with van der Waals surface area (Å²) in [5, 5.41) is 4.47. The zero-order chi connectivity index (χ0) is 21.2. The van der Waals surface area contributed by atoms with Crippen molar-refractivity contribution in [2.45, 2.75) is 24.0 Å². The van der Waals surface area contributed by atoms with Gasteiger partial charge in [0.2, 0.25) is 17.6 Å². The van der Waals surface area contributed by atoms with Crippen molar-refractivity contribution in [3.8, 4) is 11.4 Å². The highest BCUT2D eigenvalue weighted by Gasteiger charge is 2.29. The van der Waals surface area contributed by atoms with Crippen LogP contribution in [0.15, 0.2) is 62.7 Å². The van der Waals surface area contributed by atoms with Gasteiger partial charge in [-0.05, 0) is 37.1 Å². The largest absolute Gasteiger partial charge is 0.431 e. The second kappa shape index (κ2) is 8.50. The summed E-state index contributed by atoms with van der Waals surface area (Å²) in [4.78, 5) is 23.4. The highest BCUT2D eigenvalue weighted by Crippen LogP contribution is 2.29. The van der Waals surface area contributed by atoms with Crippen LogP contribution in [-0.4, -0.2) is 44.8 Å². The predicted molar refractivity (Wildman–Crippen MR) is 113 cm³/mol. The fourth-order valence-electron chi connectivity index (χ4n) is 3.68. The van der Waals surface area contributed by atoms with E-state index in [0.717, 1.165) is 18.4 Å². The summed E-state index contributed by atoms with van der Waals surface area (Å²) >= 11 is 1.29. The third-order valence-electron chi connectivity index (χ3n) is 5.24. The minimum absolute atomic E-state index is 0.0156. The van der Waals surface area contributed by atoms with Crippen molar-refractivity contribution >= 4 is 28.8 Å². The van der Waals surface area contributed by atoms with Gasteiger partial charge in [0.15, 0.2) is 5.58 Å². The van der Waals surface area contributed by atoms with Gasteiger partial charge in [-0.1, -0.05) is 41.2 Å². The van der Waals surface area contributed by atoms with Crippen LogP contribution in [0, 0.1) is 5.82 Å². The maximum Gasteiger partial charge on any atom is 0.257 e. The molecular formula is C22H19FN4O3S. The quantitative estimate of drug-likeness (QED) is 0.424. The topological polar surface area (TPSA) is 85.3 Å². The minimum Gasteiger partial charge on any atom is -0.431 e. The van der Waals surface area contributed by atoms with Crippen LogP contribution in [0.3, 0.4) is 0 Å². The van der Waals surface area contributed by atoms with Crippen LogP contribution in [0.25, 0.3) is 22.5 Å². The normalized spacial score (nSPS) is 16.7. The Labute approximate surface area is 181 Å². The van der Waals surface area contributed by atoms with Gasteiger partial charge in [-0.3, -0.25) is 4.79 Å². The molecule has 7 nitrogen and oxygen atoms in total. The number of oxazole rings is 1. The van der Waals surface area contributed by atoms with Crippen molar-refractivity contribution < 1.29 is 18.1 Å². The number of amides is 1. The van der Waals surface area contributed by atoms with Crippen molar-refractivity contribution in [1.82, 2.24) is 20.0 Å². The number of hydrogen-bond acceptors (Lipinski definition) is 7. The summed E-state index contributed by atoms with van der Waals surface area (Å²) in [7, 11) is 0. The van der Waals surface area contributed by atoms with Crippen molar-refractivity contribution in [2.24, 2.45) is 0 Å². The molecule has 1 saturated heterocycles. The number of rotatable bonds is 5. The average molecular weight is 438 g/mol. The summed E-state index contributed by atoms with van der Waals surface area (Å²) < 4.78 is 24.6. The zero-order valence-corrected chi connectivity index (χ0v) is 17.3. The number of fused-ring (bicyclic) bond motifs is 1. The van der Waals surface area contributed by atoms with Gasteiger partial charge in [-0.15, -0.1) is 0 Å². The number of carbonyl (C=O) groups is 1. The third kappa shape index (κ3) is 4.32. The van der Waals surface area contributed by atoms with E-state index in [1.807, 2.05) is 29.2 Å². The first-order valence-corrected chi connectivity index (χ1v) is 11.0. The molecule has 2 aromatic heterocycles. The number of benzene rings is 2. The Bertz CT molecular complexity index is 1190. The Morgan fingerprint density at radius 1 is 1.19 bits per heavy atom. The van der Waals surface area contributed by atoms with E-state index in [-0.39, 0.29) is 23.4 Å². The molecule has 1 fully saturated rings. The molecule has 0 bridgehead atoms. The summed E-state index contributed by atoms with van der Waals surface area (Å²) in [6.07, 6.45) is 1.70. The third-order valence-corrected chi connectivity index (χ3v) is 6.05. The van der Waals surface area contributed by atoms with Gasteiger partial charge in [-0.25, -0.2) is 9.37 Å². The van der Waals surface area contributed by atoms with E-state index >= 15 is 0 Å². The lowest BCUT2D eigenvalue weighted by Crippen LogP contribution is -2.40. The Balaban J connectivity index is 1.22. The maximum absolute atomic E-state index is 13.5. The number of halogens is 1. The molecule has 1 unspecified atom stereocenters. The number of para-hydroxylation sites is 2. The van der Waals surface area contributed by atoms with Gasteiger partial charge in [0.1, 0.15) is 11.3 Å². The van der Waals surface area contributed by atoms with E-state index in [2.05, 4.69) is 15.1 Å². The van der Waals surface area contributed by atoms with E-state index in [0.29, 0.717) is 41.2 Å². The Kier molecular flexibility index (Phi) is 5.42. The molecular weight excluding hydrogens is 419 g/mol. The number of hydrogen-bond donors (Lipinski definition) is 0. The molecule has 1 atom stereocenters. The number of piperidine rings is 1. The van der Waals surface area contributed by atoms with Crippen molar-refractivity contribution in [3.05, 3.63) is 60.2 Å². The van der Waals surface area contributed by atoms with Crippen molar-refractivity contribution in [2.75, 3.05) is 18.8 Å². The molecule has 5 rings (SSSR count). The van der Waals surface area contributed by atoms with Gasteiger partial charge < -0.3 is 13.8 Å². The molecule has 1 aliphatic heterocycles. The molecule has 2 aromatic carbocycles. The molecule has 4 aromatic rings. The van der Waals surface area contributed by atoms with E-state index in [1.54, 1.807) is 12.1 Å². The summed E-state index contributed by atoms with van der Waals surface area (Å²) in [6, 6.07) is 13.6. The number of aromatic nitrogens is 3. The van der Waals surface area contributed by atoms with E-state index in [9.17, 15) is 9.18 Å². The molecule has 0 saturated carbocycles. The van der Waals surface area contributed by atoms with Crippen LogP contribution in [0.2, 0.25) is 0 Å². The number of nitrogens with zero attached hydrogens (tertiary/aromatic N) is 4. The first-order valence-electron chi connectivity index (χ1n) is 10.0. The van der Waals surface area contributed by atoms with E-state index in [4.69, 9.17) is 8.94 Å². The highest BCUT2D eigenvalue weighted by molar-refractivity contribution is 7.99. The molecule has 0 aliphatic carbocycles. The van der Waals surface area contributed by atoms with Crippen LogP contribution in [0.1, 0.15) is 24.7 Å². The second-order valence-corrected chi connectivity index (χ2v) is 8.31. The van der Waals surface area contributed by atoms with Crippen LogP contribution in [0.5, 0.6) is 0 Å². The molecule has 158 valence electrons. The van der Waals surface area contributed by atoms with Gasteiger partial charge in [0.05, 0.1) is 11.7 Å². The Morgan fingerprint density at radius 3 is 2.97 bits per heavy atom. The van der Waals surface area contributed by atoms with Crippen LogP contribution >= 0.6 is 11.8 Å². The van der Waals surface area contributed by atoms with Crippen molar-refractivity contribution in [1.29, 1.82) is 0 Å².